The van der Waals surface area contributed by atoms with Crippen molar-refractivity contribution in [2.45, 2.75) is 24.9 Å². The van der Waals surface area contributed by atoms with E-state index in [2.05, 4.69) is 62.1 Å². The van der Waals surface area contributed by atoms with Gasteiger partial charge in [-0.2, -0.15) is 0 Å². The summed E-state index contributed by atoms with van der Waals surface area (Å²) in [6.45, 7) is 8.42. The summed E-state index contributed by atoms with van der Waals surface area (Å²) in [5, 5.41) is 0. The third-order valence-corrected chi connectivity index (χ3v) is 6.39. The van der Waals surface area contributed by atoms with Crippen LogP contribution in [-0.4, -0.2) is 66.1 Å². The standard InChI is InChI=1S/C22H31N5/c23-19-22(8-12-25(13-9-22)18-20-4-2-1-3-5-20)27-16-14-26(15-17-27)21-6-10-24-11-7-21/h1-7,10-11H,8-9,12-19,23H2. The molecule has 0 radical (unpaired) electrons. The van der Waals surface area contributed by atoms with Crippen LogP contribution in [-0.2, 0) is 6.54 Å². The molecule has 2 saturated heterocycles. The average molecular weight is 366 g/mol. The van der Waals surface area contributed by atoms with Crippen molar-refractivity contribution < 1.29 is 0 Å². The highest BCUT2D eigenvalue weighted by molar-refractivity contribution is 5.45. The van der Waals surface area contributed by atoms with Crippen LogP contribution in [0.25, 0.3) is 0 Å². The molecule has 27 heavy (non-hydrogen) atoms. The van der Waals surface area contributed by atoms with Crippen LogP contribution in [0.3, 0.4) is 0 Å². The van der Waals surface area contributed by atoms with Gasteiger partial charge in [0.25, 0.3) is 0 Å². The Morgan fingerprint density at radius 1 is 0.852 bits per heavy atom. The number of nitrogens with zero attached hydrogens (tertiary/aromatic N) is 4. The Kier molecular flexibility index (Phi) is 5.72. The Balaban J connectivity index is 1.33. The predicted octanol–water partition coefficient (Wildman–Crippen LogP) is 2.20. The van der Waals surface area contributed by atoms with Crippen molar-refractivity contribution in [1.82, 2.24) is 14.8 Å². The molecule has 4 rings (SSSR count). The molecule has 5 heteroatoms. The number of benzene rings is 1. The fourth-order valence-electron chi connectivity index (χ4n) is 4.61. The highest BCUT2D eigenvalue weighted by atomic mass is 15.3. The minimum atomic E-state index is 0.178. The van der Waals surface area contributed by atoms with Crippen LogP contribution in [0.1, 0.15) is 18.4 Å². The van der Waals surface area contributed by atoms with Gasteiger partial charge in [-0.05, 0) is 30.5 Å². The molecule has 0 saturated carbocycles. The molecule has 1 aromatic heterocycles. The Bertz CT molecular complexity index is 689. The Morgan fingerprint density at radius 3 is 2.15 bits per heavy atom. The van der Waals surface area contributed by atoms with E-state index in [-0.39, 0.29) is 5.54 Å². The number of aromatic nitrogens is 1. The molecule has 0 spiro atoms. The molecule has 2 aromatic rings. The maximum Gasteiger partial charge on any atom is 0.0397 e. The zero-order valence-electron chi connectivity index (χ0n) is 16.1. The summed E-state index contributed by atoms with van der Waals surface area (Å²) in [5.41, 5.74) is 9.20. The van der Waals surface area contributed by atoms with Crippen molar-refractivity contribution in [3.63, 3.8) is 0 Å². The number of piperidine rings is 1. The van der Waals surface area contributed by atoms with Crippen molar-refractivity contribution in [2.75, 3.05) is 50.7 Å². The number of rotatable bonds is 5. The van der Waals surface area contributed by atoms with Gasteiger partial charge in [-0.3, -0.25) is 14.8 Å². The lowest BCUT2D eigenvalue weighted by Gasteiger charge is -2.51. The topological polar surface area (TPSA) is 48.6 Å². The summed E-state index contributed by atoms with van der Waals surface area (Å²) in [6, 6.07) is 15.0. The summed E-state index contributed by atoms with van der Waals surface area (Å²) in [5.74, 6) is 0. The van der Waals surface area contributed by atoms with Gasteiger partial charge in [-0.15, -0.1) is 0 Å². The number of nitrogens with two attached hydrogens (primary N) is 1. The van der Waals surface area contributed by atoms with Gasteiger partial charge < -0.3 is 10.6 Å². The summed E-state index contributed by atoms with van der Waals surface area (Å²) < 4.78 is 0. The maximum absolute atomic E-state index is 6.33. The molecule has 0 aliphatic carbocycles. The number of likely N-dealkylation sites (tertiary alicyclic amines) is 1. The summed E-state index contributed by atoms with van der Waals surface area (Å²) in [7, 11) is 0. The zero-order chi connectivity index (χ0) is 18.5. The van der Waals surface area contributed by atoms with Gasteiger partial charge in [0.2, 0.25) is 0 Å². The van der Waals surface area contributed by atoms with Gasteiger partial charge in [0, 0.05) is 76.0 Å². The summed E-state index contributed by atoms with van der Waals surface area (Å²) in [4.78, 5) is 11.8. The van der Waals surface area contributed by atoms with Crippen LogP contribution in [0.5, 0.6) is 0 Å². The normalized spacial score (nSPS) is 21.3. The second-order valence-corrected chi connectivity index (χ2v) is 7.87. The van der Waals surface area contributed by atoms with E-state index in [4.69, 9.17) is 5.73 Å². The second kappa shape index (κ2) is 8.38. The van der Waals surface area contributed by atoms with Crippen molar-refractivity contribution in [3.8, 4) is 0 Å². The highest BCUT2D eigenvalue weighted by Gasteiger charge is 2.39. The minimum absolute atomic E-state index is 0.178. The van der Waals surface area contributed by atoms with Crippen LogP contribution in [0.15, 0.2) is 54.9 Å². The molecular weight excluding hydrogens is 334 g/mol. The molecule has 3 heterocycles. The van der Waals surface area contributed by atoms with E-state index in [9.17, 15) is 0 Å². The Morgan fingerprint density at radius 2 is 1.52 bits per heavy atom. The molecule has 0 unspecified atom stereocenters. The van der Waals surface area contributed by atoms with Gasteiger partial charge in [0.15, 0.2) is 0 Å². The molecule has 5 nitrogen and oxygen atoms in total. The van der Waals surface area contributed by atoms with Gasteiger partial charge in [0.05, 0.1) is 0 Å². The van der Waals surface area contributed by atoms with Crippen LogP contribution in [0.2, 0.25) is 0 Å². The summed E-state index contributed by atoms with van der Waals surface area (Å²) >= 11 is 0. The molecule has 2 N–H and O–H groups in total. The van der Waals surface area contributed by atoms with Crippen molar-refractivity contribution >= 4 is 5.69 Å². The molecule has 0 atom stereocenters. The smallest absolute Gasteiger partial charge is 0.0397 e. The summed E-state index contributed by atoms with van der Waals surface area (Å²) in [6.07, 6.45) is 6.11. The van der Waals surface area contributed by atoms with Crippen LogP contribution in [0, 0.1) is 0 Å². The third-order valence-electron chi connectivity index (χ3n) is 6.39. The minimum Gasteiger partial charge on any atom is -0.369 e. The highest BCUT2D eigenvalue weighted by Crippen LogP contribution is 2.30. The SMILES string of the molecule is NCC1(N2CCN(c3ccncc3)CC2)CCN(Cc2ccccc2)CC1. The van der Waals surface area contributed by atoms with Crippen molar-refractivity contribution in [1.29, 1.82) is 0 Å². The van der Waals surface area contributed by atoms with Gasteiger partial charge in [-0.1, -0.05) is 30.3 Å². The quantitative estimate of drug-likeness (QED) is 0.880. The van der Waals surface area contributed by atoms with E-state index >= 15 is 0 Å². The lowest BCUT2D eigenvalue weighted by molar-refractivity contribution is 0.0207. The molecule has 144 valence electrons. The monoisotopic (exact) mass is 365 g/mol. The molecule has 2 aliphatic rings. The fourth-order valence-corrected chi connectivity index (χ4v) is 4.61. The van der Waals surface area contributed by atoms with E-state index in [1.54, 1.807) is 0 Å². The largest absolute Gasteiger partial charge is 0.369 e. The zero-order valence-corrected chi connectivity index (χ0v) is 16.1. The molecule has 2 aliphatic heterocycles. The van der Waals surface area contributed by atoms with E-state index in [1.807, 2.05) is 12.4 Å². The first-order chi connectivity index (χ1) is 13.3. The number of pyridine rings is 1. The van der Waals surface area contributed by atoms with Gasteiger partial charge in [-0.25, -0.2) is 0 Å². The first-order valence-corrected chi connectivity index (χ1v) is 10.2. The number of anilines is 1. The molecule has 2 fully saturated rings. The van der Waals surface area contributed by atoms with E-state index in [1.165, 1.54) is 24.1 Å². The number of hydrogen-bond acceptors (Lipinski definition) is 5. The molecule has 1 aromatic carbocycles. The fraction of sp³-hybridized carbons (Fsp3) is 0.500. The first kappa shape index (κ1) is 18.4. The van der Waals surface area contributed by atoms with Crippen LogP contribution >= 0.6 is 0 Å². The Hall–Kier alpha value is -1.95. The van der Waals surface area contributed by atoms with Gasteiger partial charge in [0.1, 0.15) is 0 Å². The molecular formula is C22H31N5. The molecule has 0 bridgehead atoms. The first-order valence-electron chi connectivity index (χ1n) is 10.2. The van der Waals surface area contributed by atoms with E-state index in [0.717, 1.165) is 52.4 Å². The van der Waals surface area contributed by atoms with E-state index in [0.29, 0.717) is 0 Å². The van der Waals surface area contributed by atoms with E-state index < -0.39 is 0 Å². The maximum atomic E-state index is 6.33. The lowest BCUT2D eigenvalue weighted by Crippen LogP contribution is -2.63. The number of piperazine rings is 1. The second-order valence-electron chi connectivity index (χ2n) is 7.87. The number of hydrogen-bond donors (Lipinski definition) is 1. The average Bonchev–Trinajstić information content (AvgIpc) is 2.76. The molecule has 0 amide bonds. The lowest BCUT2D eigenvalue weighted by atomic mass is 9.84. The van der Waals surface area contributed by atoms with Gasteiger partial charge >= 0.3 is 0 Å². The third kappa shape index (κ3) is 4.15. The van der Waals surface area contributed by atoms with Crippen molar-refractivity contribution in [3.05, 3.63) is 60.4 Å². The van der Waals surface area contributed by atoms with Crippen LogP contribution in [0.4, 0.5) is 5.69 Å². The Labute approximate surface area is 162 Å². The van der Waals surface area contributed by atoms with Crippen molar-refractivity contribution in [2.24, 2.45) is 5.73 Å². The predicted molar refractivity (Wildman–Crippen MR) is 111 cm³/mol. The van der Waals surface area contributed by atoms with Crippen LogP contribution < -0.4 is 10.6 Å².